The maximum atomic E-state index is 13.7. The standard InChI is InChI=1S/C26H35F2N3O4S/c1-5-19(2)29-26(33)20(3)30(17-15-21-10-7-6-8-11-21)25(32)12-9-16-31(36(4,34)35)22-13-14-23(27)24(28)18-22/h6-8,10-11,13-14,18-20H,5,9,12,15-17H2,1-4H3,(H,29,33)/t19-,20+/m1/s1. The van der Waals surface area contributed by atoms with Gasteiger partial charge in [0.25, 0.3) is 0 Å². The Bertz CT molecular complexity index is 1130. The summed E-state index contributed by atoms with van der Waals surface area (Å²) in [5, 5.41) is 2.90. The molecule has 2 atom stereocenters. The second kappa shape index (κ2) is 13.3. The van der Waals surface area contributed by atoms with E-state index in [1.54, 1.807) is 6.92 Å². The Morgan fingerprint density at radius 1 is 1.00 bits per heavy atom. The molecule has 0 heterocycles. The summed E-state index contributed by atoms with van der Waals surface area (Å²) >= 11 is 0. The highest BCUT2D eigenvalue weighted by Crippen LogP contribution is 2.21. The molecule has 1 N–H and O–H groups in total. The first-order chi connectivity index (χ1) is 16.9. The molecule has 0 saturated heterocycles. The van der Waals surface area contributed by atoms with Gasteiger partial charge < -0.3 is 10.2 Å². The van der Waals surface area contributed by atoms with Gasteiger partial charge >= 0.3 is 0 Å². The van der Waals surface area contributed by atoms with E-state index in [2.05, 4.69) is 5.32 Å². The second-order valence-corrected chi connectivity index (χ2v) is 10.8. The van der Waals surface area contributed by atoms with Gasteiger partial charge in [0.2, 0.25) is 21.8 Å². The molecule has 0 saturated carbocycles. The molecule has 0 spiro atoms. The lowest BCUT2D eigenvalue weighted by molar-refractivity contribution is -0.140. The predicted octanol–water partition coefficient (Wildman–Crippen LogP) is 3.89. The number of nitrogens with zero attached hydrogens (tertiary/aromatic N) is 2. The summed E-state index contributed by atoms with van der Waals surface area (Å²) in [5.74, 6) is -2.80. The van der Waals surface area contributed by atoms with Crippen molar-refractivity contribution in [1.82, 2.24) is 10.2 Å². The van der Waals surface area contributed by atoms with E-state index < -0.39 is 27.7 Å². The molecule has 0 aromatic heterocycles. The molecular weight excluding hydrogens is 488 g/mol. The highest BCUT2D eigenvalue weighted by molar-refractivity contribution is 7.92. The summed E-state index contributed by atoms with van der Waals surface area (Å²) in [6, 6.07) is 11.7. The van der Waals surface area contributed by atoms with Gasteiger partial charge in [-0.25, -0.2) is 17.2 Å². The van der Waals surface area contributed by atoms with Crippen LogP contribution in [0, 0.1) is 11.6 Å². The van der Waals surface area contributed by atoms with Gasteiger partial charge in [-0.1, -0.05) is 37.3 Å². The average molecular weight is 524 g/mol. The monoisotopic (exact) mass is 523 g/mol. The van der Waals surface area contributed by atoms with Gasteiger partial charge in [0.15, 0.2) is 11.6 Å². The molecule has 2 rings (SSSR count). The van der Waals surface area contributed by atoms with Crippen molar-refractivity contribution in [3.63, 3.8) is 0 Å². The average Bonchev–Trinajstić information content (AvgIpc) is 2.83. The summed E-state index contributed by atoms with van der Waals surface area (Å²) in [7, 11) is -3.80. The van der Waals surface area contributed by atoms with Crippen LogP contribution in [0.25, 0.3) is 0 Å². The highest BCUT2D eigenvalue weighted by atomic mass is 32.2. The molecule has 2 aromatic rings. The van der Waals surface area contributed by atoms with E-state index in [1.807, 2.05) is 44.2 Å². The van der Waals surface area contributed by atoms with Crippen molar-refractivity contribution in [3.05, 3.63) is 65.7 Å². The fraction of sp³-hybridized carbons (Fsp3) is 0.462. The van der Waals surface area contributed by atoms with Crippen molar-refractivity contribution >= 4 is 27.5 Å². The molecule has 0 aliphatic carbocycles. The summed E-state index contributed by atoms with van der Waals surface area (Å²) in [5.41, 5.74) is 0.998. The summed E-state index contributed by atoms with van der Waals surface area (Å²) < 4.78 is 52.5. The van der Waals surface area contributed by atoms with Crippen LogP contribution in [0.1, 0.15) is 45.6 Å². The lowest BCUT2D eigenvalue weighted by Gasteiger charge is -2.30. The van der Waals surface area contributed by atoms with Gasteiger partial charge in [0.1, 0.15) is 6.04 Å². The second-order valence-electron chi connectivity index (χ2n) is 8.85. The number of nitrogens with one attached hydrogen (secondary N) is 1. The fourth-order valence-electron chi connectivity index (χ4n) is 3.68. The molecule has 0 unspecified atom stereocenters. The number of hydrogen-bond donors (Lipinski definition) is 1. The van der Waals surface area contributed by atoms with Crippen LogP contribution in [0.2, 0.25) is 0 Å². The van der Waals surface area contributed by atoms with E-state index in [0.29, 0.717) is 13.0 Å². The minimum Gasteiger partial charge on any atom is -0.352 e. The van der Waals surface area contributed by atoms with Crippen LogP contribution in [0.15, 0.2) is 48.5 Å². The number of amides is 2. The number of sulfonamides is 1. The van der Waals surface area contributed by atoms with Gasteiger partial charge in [0.05, 0.1) is 11.9 Å². The third-order valence-electron chi connectivity index (χ3n) is 6.00. The Kier molecular flexibility index (Phi) is 10.8. The van der Waals surface area contributed by atoms with E-state index in [9.17, 15) is 26.8 Å². The van der Waals surface area contributed by atoms with Gasteiger partial charge in [-0.2, -0.15) is 0 Å². The van der Waals surface area contributed by atoms with Crippen LogP contribution < -0.4 is 9.62 Å². The first-order valence-corrected chi connectivity index (χ1v) is 13.8. The van der Waals surface area contributed by atoms with E-state index in [1.165, 1.54) is 11.0 Å². The molecule has 0 fully saturated rings. The third-order valence-corrected chi connectivity index (χ3v) is 7.19. The number of carbonyl (C=O) groups excluding carboxylic acids is 2. The third kappa shape index (κ3) is 8.58. The minimum atomic E-state index is -3.80. The van der Waals surface area contributed by atoms with Crippen LogP contribution in [-0.4, -0.2) is 56.6 Å². The molecule has 7 nitrogen and oxygen atoms in total. The molecular formula is C26H35F2N3O4S. The molecule has 0 bridgehead atoms. The number of benzene rings is 2. The maximum Gasteiger partial charge on any atom is 0.242 e. The molecule has 36 heavy (non-hydrogen) atoms. The zero-order chi connectivity index (χ0) is 26.9. The zero-order valence-corrected chi connectivity index (χ0v) is 22.0. The molecule has 10 heteroatoms. The zero-order valence-electron chi connectivity index (χ0n) is 21.2. The van der Waals surface area contributed by atoms with E-state index in [0.717, 1.165) is 34.7 Å². The Morgan fingerprint density at radius 3 is 2.25 bits per heavy atom. The minimum absolute atomic E-state index is 0.0221. The van der Waals surface area contributed by atoms with Crippen LogP contribution in [0.5, 0.6) is 0 Å². The van der Waals surface area contributed by atoms with E-state index >= 15 is 0 Å². The summed E-state index contributed by atoms with van der Waals surface area (Å²) in [6.45, 7) is 5.73. The van der Waals surface area contributed by atoms with Gasteiger partial charge in [0, 0.05) is 31.6 Å². The number of carbonyl (C=O) groups is 2. The smallest absolute Gasteiger partial charge is 0.242 e. The lowest BCUT2D eigenvalue weighted by atomic mass is 10.1. The maximum absolute atomic E-state index is 13.7. The van der Waals surface area contributed by atoms with Crippen molar-refractivity contribution in [3.8, 4) is 0 Å². The molecule has 2 amide bonds. The lowest BCUT2D eigenvalue weighted by Crippen LogP contribution is -2.50. The van der Waals surface area contributed by atoms with Gasteiger partial charge in [-0.15, -0.1) is 0 Å². The summed E-state index contributed by atoms with van der Waals surface area (Å²) in [6.07, 6.45) is 2.38. The van der Waals surface area contributed by atoms with Crippen molar-refractivity contribution in [2.24, 2.45) is 0 Å². The molecule has 0 radical (unpaired) electrons. The first kappa shape index (κ1) is 29.2. The van der Waals surface area contributed by atoms with E-state index in [-0.39, 0.29) is 42.9 Å². The fourth-order valence-corrected chi connectivity index (χ4v) is 4.64. The van der Waals surface area contributed by atoms with Gasteiger partial charge in [-0.05, 0) is 50.8 Å². The highest BCUT2D eigenvalue weighted by Gasteiger charge is 2.27. The Balaban J connectivity index is 2.13. The van der Waals surface area contributed by atoms with Crippen LogP contribution in [0.4, 0.5) is 14.5 Å². The van der Waals surface area contributed by atoms with Crippen molar-refractivity contribution in [2.45, 2.75) is 58.5 Å². The Labute approximate surface area is 212 Å². The number of halogens is 2. The van der Waals surface area contributed by atoms with Crippen molar-refractivity contribution in [1.29, 1.82) is 0 Å². The van der Waals surface area contributed by atoms with Crippen molar-refractivity contribution in [2.75, 3.05) is 23.7 Å². The van der Waals surface area contributed by atoms with Crippen molar-refractivity contribution < 1.29 is 26.8 Å². The molecule has 2 aromatic carbocycles. The topological polar surface area (TPSA) is 86.8 Å². The molecule has 198 valence electrons. The Hall–Kier alpha value is -3.01. The predicted molar refractivity (Wildman–Crippen MR) is 137 cm³/mol. The number of hydrogen-bond acceptors (Lipinski definition) is 4. The molecule has 0 aliphatic rings. The SMILES string of the molecule is CC[C@@H](C)NC(=O)[C@H](C)N(CCc1ccccc1)C(=O)CCCN(c1ccc(F)c(F)c1)S(C)(=O)=O. The summed E-state index contributed by atoms with van der Waals surface area (Å²) in [4.78, 5) is 27.5. The Morgan fingerprint density at radius 2 is 1.67 bits per heavy atom. The number of rotatable bonds is 13. The molecule has 0 aliphatic heterocycles. The normalized spacial score (nSPS) is 13.1. The quantitative estimate of drug-likeness (QED) is 0.432. The largest absolute Gasteiger partial charge is 0.352 e. The van der Waals surface area contributed by atoms with Crippen LogP contribution in [-0.2, 0) is 26.0 Å². The number of anilines is 1. The van der Waals surface area contributed by atoms with Gasteiger partial charge in [-0.3, -0.25) is 13.9 Å². The first-order valence-electron chi connectivity index (χ1n) is 12.0. The van der Waals surface area contributed by atoms with Crippen LogP contribution >= 0.6 is 0 Å². The van der Waals surface area contributed by atoms with Crippen LogP contribution in [0.3, 0.4) is 0 Å². The van der Waals surface area contributed by atoms with E-state index in [4.69, 9.17) is 0 Å².